The van der Waals surface area contributed by atoms with E-state index in [1.807, 2.05) is 0 Å². The Morgan fingerprint density at radius 3 is 2.07 bits per heavy atom. The molecule has 0 spiro atoms. The summed E-state index contributed by atoms with van der Waals surface area (Å²) in [7, 11) is 0. The van der Waals surface area contributed by atoms with Gasteiger partial charge in [0.25, 0.3) is 0 Å². The van der Waals surface area contributed by atoms with Crippen molar-refractivity contribution in [3.8, 4) is 0 Å². The molecule has 0 amide bonds. The number of carbonyl (C=O) groups is 1. The van der Waals surface area contributed by atoms with Gasteiger partial charge in [-0.3, -0.25) is 0 Å². The van der Waals surface area contributed by atoms with Gasteiger partial charge in [-0.05, 0) is 0 Å². The molecular weight excluding hydrogens is 404 g/mol. The van der Waals surface area contributed by atoms with E-state index in [4.69, 9.17) is 24.4 Å². The van der Waals surface area contributed by atoms with E-state index in [1.54, 1.807) is 0 Å². The number of aliphatic hydroxyl groups is 7. The second kappa shape index (κ2) is 10.2. The molecule has 0 aromatic heterocycles. The van der Waals surface area contributed by atoms with Crippen molar-refractivity contribution in [3.63, 3.8) is 0 Å². The molecule has 2 fully saturated rings. The predicted molar refractivity (Wildman–Crippen MR) is 84.1 cm³/mol. The molecule has 0 radical (unpaired) electrons. The summed E-state index contributed by atoms with van der Waals surface area (Å²) in [5, 5.41) is 76.7. The van der Waals surface area contributed by atoms with Crippen LogP contribution in [0.5, 0.6) is 0 Å². The van der Waals surface area contributed by atoms with E-state index in [1.165, 1.54) is 0 Å². The monoisotopic (exact) mass is 428 g/mol. The van der Waals surface area contributed by atoms with Gasteiger partial charge in [-0.2, -0.15) is 0 Å². The van der Waals surface area contributed by atoms with Crippen molar-refractivity contribution in [3.05, 3.63) is 0 Å². The molecule has 0 saturated carbocycles. The van der Waals surface area contributed by atoms with E-state index in [0.29, 0.717) is 0 Å². The third kappa shape index (κ3) is 5.19. The van der Waals surface area contributed by atoms with Crippen LogP contribution in [0.15, 0.2) is 0 Å². The number of ether oxygens (including phenoxy) is 4. The van der Waals surface area contributed by atoms with Crippen LogP contribution in [-0.2, 0) is 18.9 Å². The second-order valence-corrected chi connectivity index (χ2v) is 5.95. The van der Waals surface area contributed by atoms with Crippen molar-refractivity contribution >= 4 is 43.9 Å². The summed E-state index contributed by atoms with van der Waals surface area (Å²) in [4.78, 5) is 10.5. The Hall–Kier alpha value is 0.130. The van der Waals surface area contributed by atoms with Crippen molar-refractivity contribution in [2.75, 3.05) is 19.8 Å². The van der Waals surface area contributed by atoms with Gasteiger partial charge < -0.3 is 59.8 Å². The number of rotatable bonds is 6. The molecule has 2 aliphatic heterocycles. The van der Waals surface area contributed by atoms with Gasteiger partial charge in [0.05, 0.1) is 6.61 Å². The fourth-order valence-electron chi connectivity index (χ4n) is 2.77. The summed E-state index contributed by atoms with van der Waals surface area (Å²) in [6, 6.07) is 0. The molecule has 2 rings (SSSR count). The topological polar surface area (TPSA) is 216 Å². The van der Waals surface area contributed by atoms with E-state index in [2.05, 4.69) is 4.74 Å². The van der Waals surface area contributed by atoms with Gasteiger partial charge in [0, 0.05) is 0 Å². The minimum absolute atomic E-state index is 0. The summed E-state index contributed by atoms with van der Waals surface area (Å²) < 4.78 is 19.8. The third-order valence-corrected chi connectivity index (χ3v) is 4.26. The summed E-state index contributed by atoms with van der Waals surface area (Å²) in [6.45, 7) is -2.45. The molecule has 2 heterocycles. The van der Waals surface area contributed by atoms with Crippen LogP contribution in [0.3, 0.4) is 0 Å². The Morgan fingerprint density at radius 1 is 0.963 bits per heavy atom. The van der Waals surface area contributed by atoms with E-state index >= 15 is 0 Å². The van der Waals surface area contributed by atoms with Crippen LogP contribution in [0, 0.1) is 0 Å². The van der Waals surface area contributed by atoms with Gasteiger partial charge >= 0.3 is 43.9 Å². The second-order valence-electron chi connectivity index (χ2n) is 5.95. The molecule has 9 atom stereocenters. The first kappa shape index (κ1) is 25.2. The zero-order valence-electron chi connectivity index (χ0n) is 13.4. The van der Waals surface area contributed by atoms with Gasteiger partial charge in [-0.15, -0.1) is 0 Å². The molecule has 14 heteroatoms. The van der Waals surface area contributed by atoms with E-state index in [9.17, 15) is 35.4 Å². The number of aliphatic hydroxyl groups excluding tert-OH is 7. The Bertz CT molecular complexity index is 495. The first-order valence-electron chi connectivity index (χ1n) is 7.65. The average Bonchev–Trinajstić information content (AvgIpc) is 2.86. The fraction of sp³-hybridized carbons (Fsp3) is 0.923. The first-order valence-corrected chi connectivity index (χ1v) is 7.65. The van der Waals surface area contributed by atoms with Gasteiger partial charge in [0.2, 0.25) is 5.79 Å². The van der Waals surface area contributed by atoms with Gasteiger partial charge in [0.15, 0.2) is 6.29 Å². The molecular formula is C13H24CaO13. The van der Waals surface area contributed by atoms with Crippen LogP contribution in [0.25, 0.3) is 0 Å². The maximum atomic E-state index is 10.5. The van der Waals surface area contributed by atoms with Crippen molar-refractivity contribution < 1.29 is 64.6 Å². The van der Waals surface area contributed by atoms with Crippen LogP contribution < -0.4 is 0 Å². The van der Waals surface area contributed by atoms with Crippen molar-refractivity contribution in [2.24, 2.45) is 0 Å². The van der Waals surface area contributed by atoms with E-state index < -0.39 is 80.8 Å². The van der Waals surface area contributed by atoms with Crippen LogP contribution in [0.1, 0.15) is 0 Å². The third-order valence-electron chi connectivity index (χ3n) is 4.26. The molecule has 0 aromatic carbocycles. The van der Waals surface area contributed by atoms with Crippen LogP contribution in [0.2, 0.25) is 0 Å². The molecule has 8 N–H and O–H groups in total. The van der Waals surface area contributed by atoms with Gasteiger partial charge in [-0.1, -0.05) is 0 Å². The van der Waals surface area contributed by atoms with Crippen LogP contribution in [-0.4, -0.2) is 159 Å². The number of carboxylic acid groups (broad SMARTS) is 1. The Labute approximate surface area is 182 Å². The summed E-state index contributed by atoms with van der Waals surface area (Å²) in [5.41, 5.74) is 0. The Kier molecular flexibility index (Phi) is 9.55. The van der Waals surface area contributed by atoms with Crippen LogP contribution >= 0.6 is 0 Å². The molecule has 2 aliphatic rings. The zero-order chi connectivity index (χ0) is 19.6. The predicted octanol–water partition coefficient (Wildman–Crippen LogP) is -5.61. The van der Waals surface area contributed by atoms with E-state index in [-0.39, 0.29) is 37.7 Å². The van der Waals surface area contributed by atoms with Crippen LogP contribution in [0.4, 0.5) is 4.79 Å². The first-order chi connectivity index (χ1) is 12.2. The SMILES string of the molecule is O=C(O)OC[C@H]1O[C@H](O[C@]2(CO)O[C@H](CO)[C@@H](O)[C@@H]2O)[C@H](O)[C@@H](O)[C@@H]1O.[CaH2]. The van der Waals surface area contributed by atoms with Gasteiger partial charge in [-0.25, -0.2) is 4.79 Å². The zero-order valence-corrected chi connectivity index (χ0v) is 13.4. The molecule has 0 unspecified atom stereocenters. The van der Waals surface area contributed by atoms with E-state index in [0.717, 1.165) is 0 Å². The fourth-order valence-corrected chi connectivity index (χ4v) is 2.77. The molecule has 27 heavy (non-hydrogen) atoms. The molecule has 0 aliphatic carbocycles. The molecule has 0 bridgehead atoms. The normalized spacial score (nSPS) is 44.6. The van der Waals surface area contributed by atoms with Crippen molar-refractivity contribution in [2.45, 2.75) is 54.8 Å². The summed E-state index contributed by atoms with van der Waals surface area (Å²) in [5.74, 6) is -2.31. The molecule has 13 nitrogen and oxygen atoms in total. The molecule has 156 valence electrons. The standard InChI is InChI=1S/C13H22O13.Ca.2H/c14-1-4-7(17)10(20)13(3-15,25-4)26-11-9(19)8(18)6(16)5(24-11)2-23-12(21)22;;;/h4-11,14-20H,1-3H2,(H,21,22);;;/t4-,5-,6-,7-,8+,9-,10+,11-,13+;;;/m1.../s1. The summed E-state index contributed by atoms with van der Waals surface area (Å²) >= 11 is 0. The average molecular weight is 428 g/mol. The quantitative estimate of drug-likeness (QED) is 0.146. The molecule has 0 aromatic rings. The summed E-state index contributed by atoms with van der Waals surface area (Å²) in [6.07, 6.45) is -15.1. The Balaban J connectivity index is 0.00000364. The minimum atomic E-state index is -2.31. The van der Waals surface area contributed by atoms with Gasteiger partial charge in [0.1, 0.15) is 55.9 Å². The number of hydrogen-bond donors (Lipinski definition) is 8. The van der Waals surface area contributed by atoms with Crippen molar-refractivity contribution in [1.29, 1.82) is 0 Å². The number of hydrogen-bond acceptors (Lipinski definition) is 12. The van der Waals surface area contributed by atoms with Crippen molar-refractivity contribution in [1.82, 2.24) is 0 Å². The molecule has 2 saturated heterocycles. The Morgan fingerprint density at radius 2 is 1.59 bits per heavy atom. The maximum absolute atomic E-state index is 10.5.